The molecule has 4 heteroatoms. The third kappa shape index (κ3) is 4.88. The number of amides is 1. The lowest BCUT2D eigenvalue weighted by molar-refractivity contribution is -0.142. The molecule has 0 saturated heterocycles. The van der Waals surface area contributed by atoms with Crippen molar-refractivity contribution in [2.24, 2.45) is 5.92 Å². The van der Waals surface area contributed by atoms with Gasteiger partial charge in [-0.15, -0.1) is 13.2 Å². The van der Waals surface area contributed by atoms with E-state index in [-0.39, 0.29) is 11.8 Å². The number of benzene rings is 1. The van der Waals surface area contributed by atoms with Crippen LogP contribution in [0.25, 0.3) is 0 Å². The molecule has 0 aliphatic heterocycles. The maximum Gasteiger partial charge on any atom is 0.330 e. The standard InChI is InChI=1S/C18H23NO3/c1-5-7-14(8-6-2)17(20)19-16(18(21)22)15-10-12(3)9-13(4)11-15/h5-6,9-11,14,16H,1-2,7-8H2,3-4H3,(H,19,20)(H,21,22). The van der Waals surface area contributed by atoms with E-state index in [1.807, 2.05) is 19.9 Å². The van der Waals surface area contributed by atoms with Crippen LogP contribution in [0.15, 0.2) is 43.5 Å². The first kappa shape index (κ1) is 17.7. The van der Waals surface area contributed by atoms with E-state index in [0.717, 1.165) is 11.1 Å². The fraction of sp³-hybridized carbons (Fsp3) is 0.333. The lowest BCUT2D eigenvalue weighted by Gasteiger charge is -2.20. The Morgan fingerprint density at radius 1 is 1.14 bits per heavy atom. The van der Waals surface area contributed by atoms with E-state index < -0.39 is 12.0 Å². The molecule has 0 spiro atoms. The zero-order chi connectivity index (χ0) is 16.7. The van der Waals surface area contributed by atoms with Gasteiger partial charge in [0, 0.05) is 5.92 Å². The highest BCUT2D eigenvalue weighted by Crippen LogP contribution is 2.19. The Bertz CT molecular complexity index is 547. The van der Waals surface area contributed by atoms with E-state index >= 15 is 0 Å². The largest absolute Gasteiger partial charge is 0.479 e. The van der Waals surface area contributed by atoms with Gasteiger partial charge < -0.3 is 10.4 Å². The summed E-state index contributed by atoms with van der Waals surface area (Å²) in [5.41, 5.74) is 2.50. The van der Waals surface area contributed by atoms with Crippen LogP contribution in [0, 0.1) is 19.8 Å². The van der Waals surface area contributed by atoms with Crippen molar-refractivity contribution in [3.63, 3.8) is 0 Å². The molecule has 1 rings (SSSR count). The van der Waals surface area contributed by atoms with E-state index in [9.17, 15) is 14.7 Å². The summed E-state index contributed by atoms with van der Waals surface area (Å²) in [4.78, 5) is 23.9. The maximum atomic E-state index is 12.3. The summed E-state index contributed by atoms with van der Waals surface area (Å²) in [6, 6.07) is 4.47. The number of carboxylic acids is 1. The Kier molecular flexibility index (Phi) is 6.57. The molecule has 4 nitrogen and oxygen atoms in total. The first-order chi connectivity index (χ1) is 10.4. The smallest absolute Gasteiger partial charge is 0.330 e. The summed E-state index contributed by atoms with van der Waals surface area (Å²) < 4.78 is 0. The monoisotopic (exact) mass is 301 g/mol. The van der Waals surface area contributed by atoms with E-state index in [1.165, 1.54) is 0 Å². The van der Waals surface area contributed by atoms with Gasteiger partial charge >= 0.3 is 5.97 Å². The third-order valence-corrected chi connectivity index (χ3v) is 3.38. The molecular formula is C18H23NO3. The summed E-state index contributed by atoms with van der Waals surface area (Å²) in [6.45, 7) is 11.1. The van der Waals surface area contributed by atoms with Crippen molar-refractivity contribution in [3.05, 3.63) is 60.2 Å². The highest BCUT2D eigenvalue weighted by atomic mass is 16.4. The molecule has 0 aromatic heterocycles. The van der Waals surface area contributed by atoms with E-state index in [0.29, 0.717) is 18.4 Å². The molecule has 0 aliphatic rings. The van der Waals surface area contributed by atoms with Gasteiger partial charge in [-0.3, -0.25) is 4.79 Å². The van der Waals surface area contributed by atoms with Gasteiger partial charge in [-0.05, 0) is 32.3 Å². The van der Waals surface area contributed by atoms with Gasteiger partial charge in [0.15, 0.2) is 6.04 Å². The van der Waals surface area contributed by atoms with Crippen molar-refractivity contribution < 1.29 is 14.7 Å². The number of hydrogen-bond donors (Lipinski definition) is 2. The number of carbonyl (C=O) groups is 2. The number of rotatable bonds is 8. The minimum atomic E-state index is -1.07. The quantitative estimate of drug-likeness (QED) is 0.724. The second-order valence-electron chi connectivity index (χ2n) is 5.45. The predicted octanol–water partition coefficient (Wildman–Crippen LogP) is 3.31. The fourth-order valence-electron chi connectivity index (χ4n) is 2.44. The van der Waals surface area contributed by atoms with Crippen LogP contribution in [-0.4, -0.2) is 17.0 Å². The molecule has 0 fully saturated rings. The number of aliphatic carboxylic acids is 1. The van der Waals surface area contributed by atoms with Crippen molar-refractivity contribution >= 4 is 11.9 Å². The Morgan fingerprint density at radius 2 is 1.64 bits per heavy atom. The van der Waals surface area contributed by atoms with Crippen LogP contribution in [0.5, 0.6) is 0 Å². The molecule has 0 saturated carbocycles. The molecule has 1 aromatic rings. The maximum absolute atomic E-state index is 12.3. The van der Waals surface area contributed by atoms with Gasteiger partial charge in [0.25, 0.3) is 0 Å². The second-order valence-corrected chi connectivity index (χ2v) is 5.45. The van der Waals surface area contributed by atoms with E-state index in [4.69, 9.17) is 0 Å². The van der Waals surface area contributed by atoms with Gasteiger partial charge in [-0.1, -0.05) is 41.5 Å². The lowest BCUT2D eigenvalue weighted by Crippen LogP contribution is -2.37. The molecule has 0 heterocycles. The summed E-state index contributed by atoms with van der Waals surface area (Å²) in [5, 5.41) is 12.1. The van der Waals surface area contributed by atoms with Gasteiger partial charge in [0.05, 0.1) is 0 Å². The molecule has 118 valence electrons. The normalized spacial score (nSPS) is 11.8. The number of nitrogens with one attached hydrogen (secondary N) is 1. The molecular weight excluding hydrogens is 278 g/mol. The predicted molar refractivity (Wildman–Crippen MR) is 87.6 cm³/mol. The Labute approximate surface area is 131 Å². The minimum Gasteiger partial charge on any atom is -0.479 e. The zero-order valence-electron chi connectivity index (χ0n) is 13.1. The Hall–Kier alpha value is -2.36. The van der Waals surface area contributed by atoms with Crippen LogP contribution in [0.2, 0.25) is 0 Å². The van der Waals surface area contributed by atoms with Crippen molar-refractivity contribution in [1.82, 2.24) is 5.32 Å². The lowest BCUT2D eigenvalue weighted by atomic mass is 9.97. The van der Waals surface area contributed by atoms with Gasteiger partial charge in [0.1, 0.15) is 0 Å². The molecule has 1 amide bonds. The molecule has 0 radical (unpaired) electrons. The average molecular weight is 301 g/mol. The zero-order valence-corrected chi connectivity index (χ0v) is 13.1. The SMILES string of the molecule is C=CCC(CC=C)C(=O)NC(C(=O)O)c1cc(C)cc(C)c1. The van der Waals surface area contributed by atoms with Crippen LogP contribution >= 0.6 is 0 Å². The number of hydrogen-bond acceptors (Lipinski definition) is 2. The number of allylic oxidation sites excluding steroid dienone is 2. The number of carboxylic acid groups (broad SMARTS) is 1. The molecule has 0 bridgehead atoms. The van der Waals surface area contributed by atoms with Gasteiger partial charge in [0.2, 0.25) is 5.91 Å². The highest BCUT2D eigenvalue weighted by molar-refractivity contribution is 5.86. The van der Waals surface area contributed by atoms with Crippen LogP contribution in [-0.2, 0) is 9.59 Å². The topological polar surface area (TPSA) is 66.4 Å². The summed E-state index contributed by atoms with van der Waals surface area (Å²) in [6.07, 6.45) is 4.27. The van der Waals surface area contributed by atoms with Crippen molar-refractivity contribution in [1.29, 1.82) is 0 Å². The van der Waals surface area contributed by atoms with Crippen LogP contribution in [0.3, 0.4) is 0 Å². The average Bonchev–Trinajstić information content (AvgIpc) is 2.42. The van der Waals surface area contributed by atoms with Gasteiger partial charge in [-0.2, -0.15) is 0 Å². The number of aryl methyl sites for hydroxylation is 2. The van der Waals surface area contributed by atoms with Crippen molar-refractivity contribution in [2.45, 2.75) is 32.7 Å². The van der Waals surface area contributed by atoms with Gasteiger partial charge in [-0.25, -0.2) is 4.79 Å². The van der Waals surface area contributed by atoms with Crippen LogP contribution in [0.1, 0.15) is 35.6 Å². The summed E-state index contributed by atoms with van der Waals surface area (Å²) in [7, 11) is 0. The van der Waals surface area contributed by atoms with E-state index in [2.05, 4.69) is 18.5 Å². The molecule has 0 aliphatic carbocycles. The first-order valence-corrected chi connectivity index (χ1v) is 7.22. The molecule has 22 heavy (non-hydrogen) atoms. The highest BCUT2D eigenvalue weighted by Gasteiger charge is 2.25. The van der Waals surface area contributed by atoms with Crippen LogP contribution < -0.4 is 5.32 Å². The van der Waals surface area contributed by atoms with E-state index in [1.54, 1.807) is 24.3 Å². The minimum absolute atomic E-state index is 0.300. The fourth-order valence-corrected chi connectivity index (χ4v) is 2.44. The molecule has 2 N–H and O–H groups in total. The summed E-state index contributed by atoms with van der Waals surface area (Å²) >= 11 is 0. The Balaban J connectivity index is 3.01. The molecule has 1 aromatic carbocycles. The van der Waals surface area contributed by atoms with Crippen LogP contribution in [0.4, 0.5) is 0 Å². The Morgan fingerprint density at radius 3 is 2.05 bits per heavy atom. The summed E-state index contributed by atoms with van der Waals surface area (Å²) in [5.74, 6) is -1.72. The first-order valence-electron chi connectivity index (χ1n) is 7.22. The third-order valence-electron chi connectivity index (χ3n) is 3.38. The molecule has 1 unspecified atom stereocenters. The molecule has 1 atom stereocenters. The van der Waals surface area contributed by atoms with Crippen molar-refractivity contribution in [3.8, 4) is 0 Å². The second kappa shape index (κ2) is 8.17. The van der Waals surface area contributed by atoms with Crippen molar-refractivity contribution in [2.75, 3.05) is 0 Å². The number of carbonyl (C=O) groups excluding carboxylic acids is 1.